The van der Waals surface area contributed by atoms with Crippen molar-refractivity contribution in [1.82, 2.24) is 15.1 Å². The maximum atomic E-state index is 12.4. The number of benzene rings is 1. The Labute approximate surface area is 134 Å². The number of amides is 1. The number of esters is 1. The maximum Gasteiger partial charge on any atom is 0.307 e. The summed E-state index contributed by atoms with van der Waals surface area (Å²) in [5, 5.41) is 7.21. The van der Waals surface area contributed by atoms with Gasteiger partial charge in [0.05, 0.1) is 19.2 Å². The minimum Gasteiger partial charge on any atom is -0.469 e. The average molecular weight is 313 g/mol. The topological polar surface area (TPSA) is 73.2 Å². The number of hydrogen-bond donors (Lipinski definition) is 1. The Balaban J connectivity index is 1.68. The molecule has 120 valence electrons. The monoisotopic (exact) mass is 313 g/mol. The summed E-state index contributed by atoms with van der Waals surface area (Å²) >= 11 is 0. The number of ether oxygens (including phenoxy) is 1. The van der Waals surface area contributed by atoms with Gasteiger partial charge in [0.2, 0.25) is 0 Å². The highest BCUT2D eigenvalue weighted by Crippen LogP contribution is 2.34. The smallest absolute Gasteiger partial charge is 0.307 e. The highest BCUT2D eigenvalue weighted by molar-refractivity contribution is 5.92. The molecule has 1 atom stereocenters. The van der Waals surface area contributed by atoms with Crippen LogP contribution in [0.2, 0.25) is 0 Å². The molecule has 1 saturated carbocycles. The van der Waals surface area contributed by atoms with Crippen molar-refractivity contribution in [2.24, 2.45) is 5.92 Å². The van der Waals surface area contributed by atoms with Crippen molar-refractivity contribution < 1.29 is 14.3 Å². The molecular weight excluding hydrogens is 294 g/mol. The van der Waals surface area contributed by atoms with E-state index < -0.39 is 0 Å². The molecule has 0 saturated heterocycles. The summed E-state index contributed by atoms with van der Waals surface area (Å²) in [5.74, 6) is -0.216. The number of methoxy groups -OCH3 is 1. The van der Waals surface area contributed by atoms with Gasteiger partial charge >= 0.3 is 5.97 Å². The van der Waals surface area contributed by atoms with Crippen LogP contribution in [-0.2, 0) is 9.53 Å². The molecule has 1 N–H and O–H groups in total. The van der Waals surface area contributed by atoms with Crippen LogP contribution < -0.4 is 5.32 Å². The largest absolute Gasteiger partial charge is 0.469 e. The fourth-order valence-corrected chi connectivity index (χ4v) is 2.51. The predicted octanol–water partition coefficient (Wildman–Crippen LogP) is 1.94. The lowest BCUT2D eigenvalue weighted by molar-refractivity contribution is -0.141. The van der Waals surface area contributed by atoms with Crippen LogP contribution in [0.25, 0.3) is 5.69 Å². The van der Waals surface area contributed by atoms with E-state index in [1.54, 1.807) is 16.9 Å². The second kappa shape index (κ2) is 6.64. The van der Waals surface area contributed by atoms with Crippen LogP contribution in [0.15, 0.2) is 42.6 Å². The van der Waals surface area contributed by atoms with Crippen LogP contribution in [0.4, 0.5) is 0 Å². The summed E-state index contributed by atoms with van der Waals surface area (Å²) in [6.07, 6.45) is 4.00. The SMILES string of the molecule is COC(=O)C[C@H](NC(=O)c1ccn(-c2ccccc2)n1)C1CC1. The zero-order chi connectivity index (χ0) is 16.2. The Morgan fingerprint density at radius 3 is 2.70 bits per heavy atom. The van der Waals surface area contributed by atoms with E-state index >= 15 is 0 Å². The van der Waals surface area contributed by atoms with E-state index in [0.29, 0.717) is 11.6 Å². The van der Waals surface area contributed by atoms with Gasteiger partial charge in [0.15, 0.2) is 5.69 Å². The Kier molecular flexibility index (Phi) is 4.41. The van der Waals surface area contributed by atoms with Gasteiger partial charge in [-0.2, -0.15) is 5.10 Å². The number of hydrogen-bond acceptors (Lipinski definition) is 4. The highest BCUT2D eigenvalue weighted by Gasteiger charge is 2.34. The van der Waals surface area contributed by atoms with Gasteiger partial charge in [0.25, 0.3) is 5.91 Å². The molecule has 23 heavy (non-hydrogen) atoms. The summed E-state index contributed by atoms with van der Waals surface area (Å²) in [6.45, 7) is 0. The molecule has 0 aliphatic heterocycles. The minimum atomic E-state index is -0.308. The van der Waals surface area contributed by atoms with E-state index in [0.717, 1.165) is 18.5 Å². The zero-order valence-electron chi connectivity index (χ0n) is 12.9. The zero-order valence-corrected chi connectivity index (χ0v) is 12.9. The first-order valence-electron chi connectivity index (χ1n) is 7.66. The molecule has 1 aliphatic rings. The van der Waals surface area contributed by atoms with E-state index in [-0.39, 0.29) is 24.3 Å². The van der Waals surface area contributed by atoms with Crippen LogP contribution in [-0.4, -0.2) is 34.8 Å². The van der Waals surface area contributed by atoms with Crippen molar-refractivity contribution in [3.63, 3.8) is 0 Å². The normalized spacial score (nSPS) is 15.0. The van der Waals surface area contributed by atoms with Crippen molar-refractivity contribution >= 4 is 11.9 Å². The molecule has 6 nitrogen and oxygen atoms in total. The van der Waals surface area contributed by atoms with E-state index in [1.165, 1.54) is 7.11 Å². The van der Waals surface area contributed by atoms with Gasteiger partial charge in [-0.1, -0.05) is 18.2 Å². The van der Waals surface area contributed by atoms with Gasteiger partial charge in [-0.3, -0.25) is 9.59 Å². The van der Waals surface area contributed by atoms with Crippen molar-refractivity contribution in [2.45, 2.75) is 25.3 Å². The van der Waals surface area contributed by atoms with Crippen LogP contribution >= 0.6 is 0 Å². The number of aromatic nitrogens is 2. The first-order chi connectivity index (χ1) is 11.2. The Morgan fingerprint density at radius 2 is 2.04 bits per heavy atom. The fourth-order valence-electron chi connectivity index (χ4n) is 2.51. The molecule has 1 aliphatic carbocycles. The number of nitrogens with one attached hydrogen (secondary N) is 1. The van der Waals surface area contributed by atoms with Crippen molar-refractivity contribution in [2.75, 3.05) is 7.11 Å². The molecular formula is C17H19N3O3. The summed E-state index contributed by atoms with van der Waals surface area (Å²) < 4.78 is 6.35. The van der Waals surface area contributed by atoms with Crippen LogP contribution in [0, 0.1) is 5.92 Å². The van der Waals surface area contributed by atoms with Gasteiger partial charge in [-0.25, -0.2) is 4.68 Å². The number of rotatable bonds is 6. The number of carbonyl (C=O) groups excluding carboxylic acids is 2. The lowest BCUT2D eigenvalue weighted by Gasteiger charge is -2.16. The standard InChI is InChI=1S/C17H19N3O3/c1-23-16(21)11-15(12-7-8-12)18-17(22)14-9-10-20(19-14)13-5-3-2-4-6-13/h2-6,9-10,12,15H,7-8,11H2,1H3,(H,18,22)/t15-/m0/s1. The van der Waals surface area contributed by atoms with Gasteiger partial charge in [-0.15, -0.1) is 0 Å². The maximum absolute atomic E-state index is 12.4. The highest BCUT2D eigenvalue weighted by atomic mass is 16.5. The second-order valence-electron chi connectivity index (χ2n) is 5.68. The van der Waals surface area contributed by atoms with Crippen LogP contribution in [0.3, 0.4) is 0 Å². The molecule has 1 aromatic carbocycles. The van der Waals surface area contributed by atoms with E-state index in [9.17, 15) is 9.59 Å². The van der Waals surface area contributed by atoms with Crippen molar-refractivity contribution in [3.8, 4) is 5.69 Å². The molecule has 6 heteroatoms. The number of carbonyl (C=O) groups is 2. The molecule has 3 rings (SSSR count). The molecule has 0 radical (unpaired) electrons. The van der Waals surface area contributed by atoms with Crippen LogP contribution in [0.1, 0.15) is 29.8 Å². The number of nitrogens with zero attached hydrogens (tertiary/aromatic N) is 2. The molecule has 1 heterocycles. The third kappa shape index (κ3) is 3.77. The summed E-state index contributed by atoms with van der Waals surface area (Å²) in [7, 11) is 1.36. The average Bonchev–Trinajstić information content (AvgIpc) is 3.31. The number of para-hydroxylation sites is 1. The van der Waals surface area contributed by atoms with Crippen LogP contribution in [0.5, 0.6) is 0 Å². The lowest BCUT2D eigenvalue weighted by atomic mass is 10.1. The molecule has 0 spiro atoms. The molecule has 0 unspecified atom stereocenters. The van der Waals surface area contributed by atoms with E-state index in [2.05, 4.69) is 10.4 Å². The molecule has 1 fully saturated rings. The van der Waals surface area contributed by atoms with E-state index in [1.807, 2.05) is 30.3 Å². The van der Waals surface area contributed by atoms with Gasteiger partial charge < -0.3 is 10.1 Å². The Morgan fingerprint density at radius 1 is 1.30 bits per heavy atom. The van der Waals surface area contributed by atoms with Gasteiger partial charge in [0, 0.05) is 12.2 Å². The first-order valence-corrected chi connectivity index (χ1v) is 7.66. The van der Waals surface area contributed by atoms with E-state index in [4.69, 9.17) is 4.74 Å². The molecule has 1 amide bonds. The summed E-state index contributed by atoms with van der Waals surface area (Å²) in [6, 6.07) is 11.1. The van der Waals surface area contributed by atoms with Gasteiger partial charge in [0.1, 0.15) is 0 Å². The van der Waals surface area contributed by atoms with Crippen molar-refractivity contribution in [3.05, 3.63) is 48.3 Å². The van der Waals surface area contributed by atoms with Crippen molar-refractivity contribution in [1.29, 1.82) is 0 Å². The lowest BCUT2D eigenvalue weighted by Crippen LogP contribution is -2.38. The summed E-state index contributed by atoms with van der Waals surface area (Å²) in [4.78, 5) is 23.8. The minimum absolute atomic E-state index is 0.183. The fraction of sp³-hybridized carbons (Fsp3) is 0.353. The molecule has 1 aromatic heterocycles. The van der Waals surface area contributed by atoms with Gasteiger partial charge in [-0.05, 0) is 37.0 Å². The summed E-state index contributed by atoms with van der Waals surface area (Å²) in [5.41, 5.74) is 1.23. The Hall–Kier alpha value is -2.63. The molecule has 0 bridgehead atoms. The Bertz CT molecular complexity index is 692. The quantitative estimate of drug-likeness (QED) is 0.827. The molecule has 2 aromatic rings. The first kappa shape index (κ1) is 15.3. The second-order valence-corrected chi connectivity index (χ2v) is 5.68. The predicted molar refractivity (Wildman–Crippen MR) is 84.2 cm³/mol. The third-order valence-electron chi connectivity index (χ3n) is 3.96. The third-order valence-corrected chi connectivity index (χ3v) is 3.96.